The van der Waals surface area contributed by atoms with Crippen molar-refractivity contribution >= 4 is 5.91 Å². The van der Waals surface area contributed by atoms with Gasteiger partial charge in [-0.05, 0) is 80.8 Å². The quantitative estimate of drug-likeness (QED) is 0.675. The first-order valence-corrected chi connectivity index (χ1v) is 10.4. The van der Waals surface area contributed by atoms with Gasteiger partial charge in [0.25, 0.3) is 0 Å². The molecule has 0 saturated carbocycles. The van der Waals surface area contributed by atoms with Gasteiger partial charge in [-0.2, -0.15) is 0 Å². The van der Waals surface area contributed by atoms with Crippen LogP contribution in [-0.2, 0) is 4.79 Å². The monoisotopic (exact) mass is 382 g/mol. The zero-order valence-corrected chi connectivity index (χ0v) is 16.9. The van der Waals surface area contributed by atoms with Crippen LogP contribution in [0, 0.1) is 18.7 Å². The van der Waals surface area contributed by atoms with Crippen molar-refractivity contribution in [3.05, 3.63) is 59.4 Å². The van der Waals surface area contributed by atoms with Gasteiger partial charge in [0.1, 0.15) is 5.82 Å². The van der Waals surface area contributed by atoms with E-state index in [2.05, 4.69) is 10.6 Å². The summed E-state index contributed by atoms with van der Waals surface area (Å²) < 4.78 is 14.6. The van der Waals surface area contributed by atoms with Crippen LogP contribution in [0.4, 0.5) is 4.39 Å². The Balaban J connectivity index is 1.85. The molecule has 1 amide bonds. The molecule has 0 unspecified atom stereocenters. The van der Waals surface area contributed by atoms with Gasteiger partial charge in [-0.25, -0.2) is 4.39 Å². The second-order valence-electron chi connectivity index (χ2n) is 7.95. The summed E-state index contributed by atoms with van der Waals surface area (Å²) in [6, 6.07) is 13.6. The van der Waals surface area contributed by atoms with Gasteiger partial charge in [0.2, 0.25) is 5.91 Å². The minimum atomic E-state index is -0.173. The van der Waals surface area contributed by atoms with Crippen LogP contribution in [-0.4, -0.2) is 25.5 Å². The fourth-order valence-corrected chi connectivity index (χ4v) is 4.29. The molecule has 1 saturated heterocycles. The van der Waals surface area contributed by atoms with Crippen molar-refractivity contribution in [1.82, 2.24) is 10.6 Å². The first-order valence-electron chi connectivity index (χ1n) is 10.4. The number of amides is 1. The number of nitrogens with one attached hydrogen (secondary N) is 2. The van der Waals surface area contributed by atoms with E-state index in [1.807, 2.05) is 43.3 Å². The first-order chi connectivity index (χ1) is 13.5. The molecule has 150 valence electrons. The van der Waals surface area contributed by atoms with E-state index in [1.54, 1.807) is 13.0 Å². The number of carbonyl (C=O) groups excluding carboxylic acids is 1. The molecule has 0 aliphatic carbocycles. The van der Waals surface area contributed by atoms with Crippen LogP contribution in [0.2, 0.25) is 0 Å². The summed E-state index contributed by atoms with van der Waals surface area (Å²) in [7, 11) is 0. The van der Waals surface area contributed by atoms with E-state index in [4.69, 9.17) is 0 Å². The van der Waals surface area contributed by atoms with Crippen LogP contribution in [0.1, 0.15) is 49.7 Å². The molecule has 1 heterocycles. The Morgan fingerprint density at radius 1 is 1.29 bits per heavy atom. The van der Waals surface area contributed by atoms with Gasteiger partial charge in [-0.3, -0.25) is 4.79 Å². The maximum Gasteiger partial charge on any atom is 0.216 e. The molecule has 1 aliphatic rings. The van der Waals surface area contributed by atoms with Crippen LogP contribution in [0.15, 0.2) is 42.5 Å². The Hall–Kier alpha value is -2.20. The molecule has 0 bridgehead atoms. The number of piperidine rings is 1. The van der Waals surface area contributed by atoms with Crippen LogP contribution in [0.25, 0.3) is 11.1 Å². The van der Waals surface area contributed by atoms with Crippen molar-refractivity contribution in [2.75, 3.05) is 19.6 Å². The maximum absolute atomic E-state index is 14.6. The van der Waals surface area contributed by atoms with Gasteiger partial charge in [0.15, 0.2) is 0 Å². The van der Waals surface area contributed by atoms with E-state index in [0.29, 0.717) is 23.9 Å². The normalized spacial score (nSPS) is 17.9. The van der Waals surface area contributed by atoms with Crippen molar-refractivity contribution in [3.8, 4) is 11.1 Å². The molecule has 2 N–H and O–H groups in total. The summed E-state index contributed by atoms with van der Waals surface area (Å²) in [5, 5.41) is 6.41. The number of aryl methyl sites for hydroxylation is 1. The Kier molecular flexibility index (Phi) is 7.21. The molecular formula is C24H31FN2O. The fraction of sp³-hybridized carbons (Fsp3) is 0.458. The summed E-state index contributed by atoms with van der Waals surface area (Å²) in [4.78, 5) is 11.2. The van der Waals surface area contributed by atoms with E-state index in [-0.39, 0.29) is 11.7 Å². The number of hydrogen-bond donors (Lipinski definition) is 2. The SMILES string of the molecule is CC(=O)NCCC[C@@H](c1ccc(F)c(-c2cccc(C)c2)c1)[C@@H]1CCCNC1. The Bertz CT molecular complexity index is 799. The molecule has 0 spiro atoms. The average molecular weight is 383 g/mol. The van der Waals surface area contributed by atoms with Crippen LogP contribution < -0.4 is 10.6 Å². The number of rotatable bonds is 7. The Morgan fingerprint density at radius 3 is 2.86 bits per heavy atom. The van der Waals surface area contributed by atoms with Gasteiger partial charge in [0, 0.05) is 19.0 Å². The second kappa shape index (κ2) is 9.83. The third kappa shape index (κ3) is 5.41. The van der Waals surface area contributed by atoms with Gasteiger partial charge in [-0.1, -0.05) is 35.9 Å². The molecule has 3 rings (SSSR count). The molecular weight excluding hydrogens is 351 g/mol. The molecule has 2 atom stereocenters. The molecule has 28 heavy (non-hydrogen) atoms. The van der Waals surface area contributed by atoms with Gasteiger partial charge < -0.3 is 10.6 Å². The predicted molar refractivity (Wildman–Crippen MR) is 113 cm³/mol. The highest BCUT2D eigenvalue weighted by Crippen LogP contribution is 2.36. The summed E-state index contributed by atoms with van der Waals surface area (Å²) in [5.74, 6) is 0.750. The standard InChI is InChI=1S/C24H31FN2O/c1-17-6-3-7-19(14-17)23-15-20(10-11-24(23)25)22(9-5-13-27-18(2)28)21-8-4-12-26-16-21/h3,6-7,10-11,14-15,21-22,26H,4-5,8-9,12-13,16H2,1-2H3,(H,27,28)/t21-,22+/m1/s1. The molecule has 0 aromatic heterocycles. The molecule has 2 aromatic carbocycles. The van der Waals surface area contributed by atoms with Crippen molar-refractivity contribution in [3.63, 3.8) is 0 Å². The van der Waals surface area contributed by atoms with E-state index in [9.17, 15) is 9.18 Å². The topological polar surface area (TPSA) is 41.1 Å². The molecule has 4 heteroatoms. The third-order valence-electron chi connectivity index (χ3n) is 5.72. The summed E-state index contributed by atoms with van der Waals surface area (Å²) in [6.07, 6.45) is 4.29. The average Bonchev–Trinajstić information content (AvgIpc) is 2.69. The lowest BCUT2D eigenvalue weighted by atomic mass is 9.78. The minimum Gasteiger partial charge on any atom is -0.356 e. The van der Waals surface area contributed by atoms with Crippen LogP contribution in [0.5, 0.6) is 0 Å². The maximum atomic E-state index is 14.6. The lowest BCUT2D eigenvalue weighted by Gasteiger charge is -2.31. The highest BCUT2D eigenvalue weighted by atomic mass is 19.1. The molecule has 3 nitrogen and oxygen atoms in total. The van der Waals surface area contributed by atoms with Gasteiger partial charge >= 0.3 is 0 Å². The zero-order chi connectivity index (χ0) is 19.9. The van der Waals surface area contributed by atoms with E-state index < -0.39 is 0 Å². The summed E-state index contributed by atoms with van der Waals surface area (Å²) in [6.45, 7) is 6.35. The van der Waals surface area contributed by atoms with E-state index >= 15 is 0 Å². The first kappa shape index (κ1) is 20.5. The number of hydrogen-bond acceptors (Lipinski definition) is 2. The third-order valence-corrected chi connectivity index (χ3v) is 5.72. The van der Waals surface area contributed by atoms with Gasteiger partial charge in [-0.15, -0.1) is 0 Å². The lowest BCUT2D eigenvalue weighted by Crippen LogP contribution is -2.33. The highest BCUT2D eigenvalue weighted by molar-refractivity contribution is 5.72. The molecule has 1 fully saturated rings. The Morgan fingerprint density at radius 2 is 2.14 bits per heavy atom. The van der Waals surface area contributed by atoms with Crippen molar-refractivity contribution in [2.45, 2.75) is 45.4 Å². The second-order valence-corrected chi connectivity index (χ2v) is 7.95. The molecule has 1 aliphatic heterocycles. The molecule has 0 radical (unpaired) electrons. The van der Waals surface area contributed by atoms with Gasteiger partial charge in [0.05, 0.1) is 0 Å². The predicted octanol–water partition coefficient (Wildman–Crippen LogP) is 4.80. The van der Waals surface area contributed by atoms with Crippen molar-refractivity contribution in [1.29, 1.82) is 0 Å². The van der Waals surface area contributed by atoms with Crippen molar-refractivity contribution < 1.29 is 9.18 Å². The van der Waals surface area contributed by atoms with E-state index in [0.717, 1.165) is 37.1 Å². The minimum absolute atomic E-state index is 0.0133. The lowest BCUT2D eigenvalue weighted by molar-refractivity contribution is -0.118. The zero-order valence-electron chi connectivity index (χ0n) is 16.9. The smallest absolute Gasteiger partial charge is 0.216 e. The summed E-state index contributed by atoms with van der Waals surface area (Å²) >= 11 is 0. The van der Waals surface area contributed by atoms with Crippen LogP contribution in [0.3, 0.4) is 0 Å². The number of carbonyl (C=O) groups is 1. The largest absolute Gasteiger partial charge is 0.356 e. The number of halogens is 1. The summed E-state index contributed by atoms with van der Waals surface area (Å²) in [5.41, 5.74) is 3.94. The Labute approximate surface area is 167 Å². The highest BCUT2D eigenvalue weighted by Gasteiger charge is 2.25. The number of benzene rings is 2. The van der Waals surface area contributed by atoms with Crippen LogP contribution >= 0.6 is 0 Å². The van der Waals surface area contributed by atoms with E-state index in [1.165, 1.54) is 18.4 Å². The van der Waals surface area contributed by atoms with Crippen molar-refractivity contribution in [2.24, 2.45) is 5.92 Å². The molecule has 2 aromatic rings. The fourth-order valence-electron chi connectivity index (χ4n) is 4.29.